The first-order valence-electron chi connectivity index (χ1n) is 8.84. The summed E-state index contributed by atoms with van der Waals surface area (Å²) in [4.78, 5) is 7.34. The maximum absolute atomic E-state index is 8.57. The molecule has 150 valence electrons. The number of rotatable bonds is 6. The highest BCUT2D eigenvalue weighted by atomic mass is 35.5. The first-order valence-corrected chi connectivity index (χ1v) is 9.60. The number of nitrogens with one attached hydrogen (secondary N) is 2. The van der Waals surface area contributed by atoms with Crippen molar-refractivity contribution in [3.63, 3.8) is 0 Å². The molecule has 1 aromatic carbocycles. The third-order valence-corrected chi connectivity index (χ3v) is 5.30. The standard InChI is InChI=1S/C18H18Cl2N8O/c19-13-2-1-12(9-14(13)20)28-16(22)15(21)27(17-18(28)26-29-25-17)8-7-24-10-11-3-5-23-6-4-11/h1-6,9,15,22,24H,7-8,10,21H2. The van der Waals surface area contributed by atoms with Gasteiger partial charge < -0.3 is 16.0 Å². The van der Waals surface area contributed by atoms with Gasteiger partial charge in [0.25, 0.3) is 0 Å². The third-order valence-electron chi connectivity index (χ3n) is 4.56. The van der Waals surface area contributed by atoms with E-state index in [9.17, 15) is 0 Å². The van der Waals surface area contributed by atoms with Crippen molar-refractivity contribution in [2.45, 2.75) is 12.7 Å². The molecule has 0 spiro atoms. The highest BCUT2D eigenvalue weighted by Gasteiger charge is 2.38. The van der Waals surface area contributed by atoms with Crippen LogP contribution in [0.15, 0.2) is 47.4 Å². The fraction of sp³-hybridized carbons (Fsp3) is 0.222. The number of nitrogens with zero attached hydrogens (tertiary/aromatic N) is 5. The van der Waals surface area contributed by atoms with Gasteiger partial charge in [0.2, 0.25) is 11.6 Å². The Labute approximate surface area is 176 Å². The quantitative estimate of drug-likeness (QED) is 0.508. The molecule has 9 nitrogen and oxygen atoms in total. The van der Waals surface area contributed by atoms with E-state index in [-0.39, 0.29) is 5.84 Å². The van der Waals surface area contributed by atoms with E-state index in [4.69, 9.17) is 39.0 Å². The first kappa shape index (κ1) is 19.6. The molecule has 3 aromatic rings. The molecule has 0 amide bonds. The zero-order valence-corrected chi connectivity index (χ0v) is 16.7. The van der Waals surface area contributed by atoms with Gasteiger partial charge in [-0.05, 0) is 46.2 Å². The summed E-state index contributed by atoms with van der Waals surface area (Å²) in [6, 6.07) is 8.93. The summed E-state index contributed by atoms with van der Waals surface area (Å²) in [5.74, 6) is 0.968. The lowest BCUT2D eigenvalue weighted by molar-refractivity contribution is 0.308. The summed E-state index contributed by atoms with van der Waals surface area (Å²) in [5.41, 5.74) is 8.07. The Morgan fingerprint density at radius 3 is 2.62 bits per heavy atom. The van der Waals surface area contributed by atoms with Crippen LogP contribution in [0, 0.1) is 5.41 Å². The van der Waals surface area contributed by atoms with Crippen molar-refractivity contribution in [1.29, 1.82) is 5.41 Å². The summed E-state index contributed by atoms with van der Waals surface area (Å²) in [7, 11) is 0. The second kappa shape index (κ2) is 8.34. The average molecular weight is 433 g/mol. The molecule has 0 radical (unpaired) electrons. The van der Waals surface area contributed by atoms with Gasteiger partial charge in [0, 0.05) is 32.0 Å². The Morgan fingerprint density at radius 2 is 1.86 bits per heavy atom. The number of benzene rings is 1. The van der Waals surface area contributed by atoms with Crippen LogP contribution in [0.5, 0.6) is 0 Å². The minimum absolute atomic E-state index is 0.126. The van der Waals surface area contributed by atoms with Gasteiger partial charge in [0.1, 0.15) is 12.0 Å². The van der Waals surface area contributed by atoms with E-state index in [1.54, 1.807) is 40.4 Å². The van der Waals surface area contributed by atoms with Gasteiger partial charge in [0.05, 0.1) is 15.7 Å². The zero-order chi connectivity index (χ0) is 20.4. The second-order valence-electron chi connectivity index (χ2n) is 6.40. The lowest BCUT2D eigenvalue weighted by Gasteiger charge is -2.38. The van der Waals surface area contributed by atoms with Gasteiger partial charge in [-0.25, -0.2) is 4.63 Å². The number of aromatic nitrogens is 3. The molecule has 29 heavy (non-hydrogen) atoms. The molecule has 4 N–H and O–H groups in total. The third kappa shape index (κ3) is 3.90. The maximum atomic E-state index is 8.57. The van der Waals surface area contributed by atoms with Crippen molar-refractivity contribution < 1.29 is 4.63 Å². The van der Waals surface area contributed by atoms with Crippen LogP contribution in [-0.4, -0.2) is 40.4 Å². The number of amidine groups is 1. The van der Waals surface area contributed by atoms with Crippen molar-refractivity contribution >= 4 is 46.4 Å². The number of fused-ring (bicyclic) bond motifs is 1. The maximum Gasteiger partial charge on any atom is 0.228 e. The molecule has 2 aromatic heterocycles. The van der Waals surface area contributed by atoms with E-state index in [1.807, 2.05) is 12.1 Å². The van der Waals surface area contributed by atoms with Gasteiger partial charge in [-0.15, -0.1) is 0 Å². The van der Waals surface area contributed by atoms with Gasteiger partial charge in [-0.1, -0.05) is 23.2 Å². The molecule has 1 aliphatic heterocycles. The summed E-state index contributed by atoms with van der Waals surface area (Å²) in [6.45, 7) is 1.84. The van der Waals surface area contributed by atoms with Crippen LogP contribution in [-0.2, 0) is 6.54 Å². The molecule has 0 aliphatic carbocycles. The Kier molecular flexibility index (Phi) is 5.63. The van der Waals surface area contributed by atoms with E-state index in [2.05, 4.69) is 20.6 Å². The van der Waals surface area contributed by atoms with E-state index >= 15 is 0 Å². The van der Waals surface area contributed by atoms with Crippen molar-refractivity contribution in [3.8, 4) is 0 Å². The molecule has 4 rings (SSSR count). The smallest absolute Gasteiger partial charge is 0.228 e. The predicted molar refractivity (Wildman–Crippen MR) is 112 cm³/mol. The Hall–Kier alpha value is -2.72. The van der Waals surface area contributed by atoms with Gasteiger partial charge in [-0.2, -0.15) is 0 Å². The fourth-order valence-electron chi connectivity index (χ4n) is 3.09. The number of hydrogen-bond donors (Lipinski definition) is 3. The van der Waals surface area contributed by atoms with Crippen LogP contribution >= 0.6 is 23.2 Å². The van der Waals surface area contributed by atoms with E-state index < -0.39 is 6.17 Å². The van der Waals surface area contributed by atoms with E-state index in [0.29, 0.717) is 47.0 Å². The number of halogens is 2. The number of pyridine rings is 1. The molecule has 3 heterocycles. The molecule has 0 saturated carbocycles. The molecular weight excluding hydrogens is 415 g/mol. The Morgan fingerprint density at radius 1 is 1.10 bits per heavy atom. The van der Waals surface area contributed by atoms with E-state index in [1.165, 1.54) is 0 Å². The normalized spacial score (nSPS) is 16.2. The number of anilines is 3. The lowest BCUT2D eigenvalue weighted by atomic mass is 10.2. The average Bonchev–Trinajstić information content (AvgIpc) is 3.20. The second-order valence-corrected chi connectivity index (χ2v) is 7.22. The van der Waals surface area contributed by atoms with Crippen LogP contribution in [0.1, 0.15) is 5.56 Å². The minimum Gasteiger partial charge on any atom is -0.327 e. The summed E-state index contributed by atoms with van der Waals surface area (Å²) >= 11 is 12.1. The summed E-state index contributed by atoms with van der Waals surface area (Å²) < 4.78 is 4.95. The predicted octanol–water partition coefficient (Wildman–Crippen LogP) is 2.78. The molecular formula is C18H18Cl2N8O. The topological polar surface area (TPSA) is 120 Å². The van der Waals surface area contributed by atoms with Gasteiger partial charge in [0.15, 0.2) is 0 Å². The monoisotopic (exact) mass is 432 g/mol. The van der Waals surface area contributed by atoms with Crippen molar-refractivity contribution in [3.05, 3.63) is 58.3 Å². The van der Waals surface area contributed by atoms with Crippen molar-refractivity contribution in [1.82, 2.24) is 20.6 Å². The highest BCUT2D eigenvalue weighted by molar-refractivity contribution is 6.42. The van der Waals surface area contributed by atoms with Crippen molar-refractivity contribution in [2.75, 3.05) is 22.9 Å². The zero-order valence-electron chi connectivity index (χ0n) is 15.2. The van der Waals surface area contributed by atoms with Crippen LogP contribution in [0.3, 0.4) is 0 Å². The molecule has 1 aliphatic rings. The van der Waals surface area contributed by atoms with Gasteiger partial charge in [-0.3, -0.25) is 15.3 Å². The molecule has 0 bridgehead atoms. The molecule has 0 saturated heterocycles. The molecule has 1 unspecified atom stereocenters. The highest BCUT2D eigenvalue weighted by Crippen LogP contribution is 2.38. The molecule has 11 heteroatoms. The van der Waals surface area contributed by atoms with Crippen LogP contribution < -0.4 is 20.9 Å². The minimum atomic E-state index is -0.730. The first-order chi connectivity index (χ1) is 14.1. The molecule has 0 fully saturated rings. The largest absolute Gasteiger partial charge is 0.327 e. The lowest BCUT2D eigenvalue weighted by Crippen LogP contribution is -2.57. The van der Waals surface area contributed by atoms with Gasteiger partial charge >= 0.3 is 0 Å². The Balaban J connectivity index is 1.51. The van der Waals surface area contributed by atoms with E-state index in [0.717, 1.165) is 5.56 Å². The van der Waals surface area contributed by atoms with Crippen LogP contribution in [0.4, 0.5) is 17.3 Å². The Bertz CT molecular complexity index is 1010. The van der Waals surface area contributed by atoms with Crippen LogP contribution in [0.25, 0.3) is 0 Å². The van der Waals surface area contributed by atoms with Crippen LogP contribution in [0.2, 0.25) is 10.0 Å². The summed E-state index contributed by atoms with van der Waals surface area (Å²) in [5, 5.41) is 20.7. The number of hydrogen-bond acceptors (Lipinski definition) is 8. The summed E-state index contributed by atoms with van der Waals surface area (Å²) in [6.07, 6.45) is 2.78. The molecule has 1 atom stereocenters. The fourth-order valence-corrected chi connectivity index (χ4v) is 3.38. The number of nitrogens with two attached hydrogens (primary N) is 1. The van der Waals surface area contributed by atoms with Crippen molar-refractivity contribution in [2.24, 2.45) is 5.73 Å². The SMILES string of the molecule is N=C1C(N)N(CCNCc2ccncc2)c2nonc2N1c1ccc(Cl)c(Cl)c1.